The summed E-state index contributed by atoms with van der Waals surface area (Å²) in [5.41, 5.74) is 0.851. The summed E-state index contributed by atoms with van der Waals surface area (Å²) in [6, 6.07) is 5.38. The van der Waals surface area contributed by atoms with Gasteiger partial charge in [0.2, 0.25) is 0 Å². The van der Waals surface area contributed by atoms with Gasteiger partial charge in [0.05, 0.1) is 15.5 Å². The predicted molar refractivity (Wildman–Crippen MR) is 108 cm³/mol. The van der Waals surface area contributed by atoms with E-state index in [1.165, 1.54) is 6.42 Å². The minimum atomic E-state index is -0.495. The van der Waals surface area contributed by atoms with Crippen molar-refractivity contribution in [1.29, 1.82) is 0 Å². The molecule has 4 fully saturated rings. The number of aromatic nitrogens is 1. The van der Waals surface area contributed by atoms with Crippen LogP contribution in [-0.2, 0) is 4.79 Å². The maximum absolute atomic E-state index is 13.4. The van der Waals surface area contributed by atoms with E-state index in [0.717, 1.165) is 36.8 Å². The summed E-state index contributed by atoms with van der Waals surface area (Å²) in [5.74, 6) is 1.14. The molecule has 4 atom stereocenters. The molecule has 2 aromatic rings. The predicted octanol–water partition coefficient (Wildman–Crippen LogP) is 6.33. The number of carbonyl (C=O) groups is 1. The van der Waals surface area contributed by atoms with Crippen LogP contribution in [0.25, 0.3) is 10.9 Å². The van der Waals surface area contributed by atoms with Gasteiger partial charge in [0.25, 0.3) is 0 Å². The molecule has 142 valence electrons. The minimum Gasteiger partial charge on any atom is -0.422 e. The molecule has 4 saturated carbocycles. The second-order valence-corrected chi connectivity index (χ2v) is 10.4. The second-order valence-electron chi connectivity index (χ2n) is 8.80. The summed E-state index contributed by atoms with van der Waals surface area (Å²) in [4.78, 5) is 17.7. The Kier molecular flexibility index (Phi) is 3.99. The fourth-order valence-corrected chi connectivity index (χ4v) is 7.22. The molecule has 0 aliphatic heterocycles. The van der Waals surface area contributed by atoms with Crippen LogP contribution in [-0.4, -0.2) is 15.8 Å². The molecule has 2 unspecified atom stereocenters. The number of halogens is 3. The zero-order chi connectivity index (χ0) is 19.0. The van der Waals surface area contributed by atoms with Crippen LogP contribution in [0, 0.1) is 24.2 Å². The van der Waals surface area contributed by atoms with Gasteiger partial charge in [-0.1, -0.05) is 23.2 Å². The van der Waals surface area contributed by atoms with Gasteiger partial charge in [-0.25, -0.2) is 4.98 Å². The Hall–Kier alpha value is -1.03. The first-order valence-electron chi connectivity index (χ1n) is 9.44. The smallest absolute Gasteiger partial charge is 0.317 e. The average molecular weight is 425 g/mol. The van der Waals surface area contributed by atoms with E-state index in [-0.39, 0.29) is 10.8 Å². The van der Waals surface area contributed by atoms with Gasteiger partial charge in [0, 0.05) is 16.0 Å². The first kappa shape index (κ1) is 18.0. The van der Waals surface area contributed by atoms with Gasteiger partial charge in [-0.2, -0.15) is 0 Å². The molecule has 4 aliphatic carbocycles. The summed E-state index contributed by atoms with van der Waals surface area (Å²) in [6.45, 7) is 1.89. The molecule has 0 N–H and O–H groups in total. The summed E-state index contributed by atoms with van der Waals surface area (Å²) >= 11 is 19.6. The van der Waals surface area contributed by atoms with Crippen molar-refractivity contribution >= 4 is 51.7 Å². The van der Waals surface area contributed by atoms with E-state index >= 15 is 0 Å². The molecular formula is C21H20Cl3NO2. The van der Waals surface area contributed by atoms with Gasteiger partial charge in [0.1, 0.15) is 5.52 Å². The number of nitrogens with zero attached hydrogens (tertiary/aromatic N) is 1. The van der Waals surface area contributed by atoms with Gasteiger partial charge in [-0.15, -0.1) is 11.6 Å². The number of alkyl halides is 1. The molecular weight excluding hydrogens is 405 g/mol. The molecule has 6 heteroatoms. The Morgan fingerprint density at radius 2 is 1.85 bits per heavy atom. The number of esters is 1. The maximum Gasteiger partial charge on any atom is 0.317 e. The molecule has 4 aliphatic rings. The number of carbonyl (C=O) groups excluding carboxylic acids is 1. The van der Waals surface area contributed by atoms with Crippen LogP contribution in [0.2, 0.25) is 10.0 Å². The molecule has 1 heterocycles. The molecule has 27 heavy (non-hydrogen) atoms. The standard InChI is InChI=1S/C21H20Cl3NO2/c1-11-2-3-14-15(22)5-16(23)18(17(14)25-11)27-19(26)20-6-12-4-13(7-20)9-21(24,8-12)10-20/h2-3,5,12-13H,4,6-10H2,1H3/t12-,13+,20?,21?. The van der Waals surface area contributed by atoms with E-state index in [1.807, 2.05) is 19.1 Å². The van der Waals surface area contributed by atoms with Gasteiger partial charge in [-0.3, -0.25) is 4.79 Å². The Bertz CT molecular complexity index is 960. The van der Waals surface area contributed by atoms with E-state index in [4.69, 9.17) is 39.5 Å². The number of ether oxygens (including phenoxy) is 1. The summed E-state index contributed by atoms with van der Waals surface area (Å²) in [6.07, 6.45) is 5.66. The molecule has 3 nitrogen and oxygen atoms in total. The van der Waals surface area contributed by atoms with Crippen LogP contribution in [0.3, 0.4) is 0 Å². The van der Waals surface area contributed by atoms with Crippen molar-refractivity contribution in [1.82, 2.24) is 4.98 Å². The van der Waals surface area contributed by atoms with E-state index in [2.05, 4.69) is 4.98 Å². The number of aryl methyl sites for hydroxylation is 1. The topological polar surface area (TPSA) is 39.2 Å². The van der Waals surface area contributed by atoms with E-state index in [0.29, 0.717) is 39.6 Å². The highest BCUT2D eigenvalue weighted by atomic mass is 35.5. The van der Waals surface area contributed by atoms with Gasteiger partial charge < -0.3 is 4.74 Å². The second kappa shape index (κ2) is 5.98. The van der Waals surface area contributed by atoms with Crippen molar-refractivity contribution in [2.24, 2.45) is 17.3 Å². The van der Waals surface area contributed by atoms with Crippen molar-refractivity contribution in [3.8, 4) is 5.75 Å². The Balaban J connectivity index is 1.54. The highest BCUT2D eigenvalue weighted by molar-refractivity contribution is 6.39. The van der Waals surface area contributed by atoms with Crippen molar-refractivity contribution < 1.29 is 9.53 Å². The first-order chi connectivity index (χ1) is 12.8. The summed E-state index contributed by atoms with van der Waals surface area (Å²) in [5, 5.41) is 1.54. The van der Waals surface area contributed by atoms with E-state index in [1.54, 1.807) is 6.07 Å². The molecule has 0 amide bonds. The van der Waals surface area contributed by atoms with Crippen molar-refractivity contribution in [3.63, 3.8) is 0 Å². The Labute approximate surface area is 173 Å². The minimum absolute atomic E-state index is 0.213. The zero-order valence-electron chi connectivity index (χ0n) is 15.0. The average Bonchev–Trinajstić information content (AvgIpc) is 2.55. The molecule has 0 saturated heterocycles. The summed E-state index contributed by atoms with van der Waals surface area (Å²) < 4.78 is 5.95. The molecule has 1 aromatic heterocycles. The molecule has 0 spiro atoms. The van der Waals surface area contributed by atoms with Crippen molar-refractivity contribution in [2.45, 2.75) is 50.3 Å². The fraction of sp³-hybridized carbons (Fsp3) is 0.524. The number of hydrogen-bond acceptors (Lipinski definition) is 3. The lowest BCUT2D eigenvalue weighted by Crippen LogP contribution is -2.56. The third-order valence-electron chi connectivity index (χ3n) is 6.59. The lowest BCUT2D eigenvalue weighted by atomic mass is 9.49. The van der Waals surface area contributed by atoms with Crippen molar-refractivity contribution in [2.75, 3.05) is 0 Å². The van der Waals surface area contributed by atoms with E-state index < -0.39 is 5.41 Å². The lowest BCUT2D eigenvalue weighted by Gasteiger charge is -2.58. The molecule has 1 aromatic carbocycles. The highest BCUT2D eigenvalue weighted by Gasteiger charge is 2.61. The van der Waals surface area contributed by atoms with Crippen molar-refractivity contribution in [3.05, 3.63) is 33.9 Å². The number of hydrogen-bond donors (Lipinski definition) is 0. The Morgan fingerprint density at radius 3 is 2.52 bits per heavy atom. The van der Waals surface area contributed by atoms with Crippen LogP contribution >= 0.6 is 34.8 Å². The number of rotatable bonds is 2. The number of pyridine rings is 1. The lowest BCUT2D eigenvalue weighted by molar-refractivity contribution is -0.159. The quantitative estimate of drug-likeness (QED) is 0.321. The third-order valence-corrected chi connectivity index (χ3v) is 7.63. The maximum atomic E-state index is 13.4. The number of fused-ring (bicyclic) bond motifs is 1. The van der Waals surface area contributed by atoms with Gasteiger partial charge in [0.15, 0.2) is 5.75 Å². The number of benzene rings is 1. The third kappa shape index (κ3) is 2.85. The first-order valence-corrected chi connectivity index (χ1v) is 10.6. The largest absolute Gasteiger partial charge is 0.422 e. The molecule has 0 radical (unpaired) electrons. The fourth-order valence-electron chi connectivity index (χ4n) is 5.98. The summed E-state index contributed by atoms with van der Waals surface area (Å²) in [7, 11) is 0. The Morgan fingerprint density at radius 1 is 1.15 bits per heavy atom. The van der Waals surface area contributed by atoms with Crippen LogP contribution < -0.4 is 4.74 Å². The van der Waals surface area contributed by atoms with Crippen LogP contribution in [0.15, 0.2) is 18.2 Å². The monoisotopic (exact) mass is 423 g/mol. The van der Waals surface area contributed by atoms with Crippen LogP contribution in [0.4, 0.5) is 0 Å². The molecule has 4 bridgehead atoms. The SMILES string of the molecule is Cc1ccc2c(Cl)cc(Cl)c(OC(=O)C34C[C@@H]5C[C@@H](CC(Cl)(C5)C3)C4)c2n1. The van der Waals surface area contributed by atoms with Gasteiger partial charge >= 0.3 is 5.97 Å². The molecule has 6 rings (SSSR count). The van der Waals surface area contributed by atoms with Gasteiger partial charge in [-0.05, 0) is 75.5 Å². The highest BCUT2D eigenvalue weighted by Crippen LogP contribution is 2.64. The zero-order valence-corrected chi connectivity index (χ0v) is 17.3. The van der Waals surface area contributed by atoms with E-state index in [9.17, 15) is 4.79 Å². The normalized spacial score (nSPS) is 34.2. The van der Waals surface area contributed by atoms with Crippen LogP contribution in [0.1, 0.15) is 44.2 Å². The van der Waals surface area contributed by atoms with Crippen LogP contribution in [0.5, 0.6) is 5.75 Å².